The fourth-order valence-corrected chi connectivity index (χ4v) is 4.93. The van der Waals surface area contributed by atoms with E-state index in [4.69, 9.17) is 4.74 Å². The number of halogens is 1. The summed E-state index contributed by atoms with van der Waals surface area (Å²) in [6.07, 6.45) is 6.85. The largest absolute Gasteiger partial charge is 0.483 e. The van der Waals surface area contributed by atoms with Crippen molar-refractivity contribution in [3.05, 3.63) is 64.5 Å². The van der Waals surface area contributed by atoms with E-state index in [0.717, 1.165) is 74.6 Å². The van der Waals surface area contributed by atoms with Crippen LogP contribution in [0.3, 0.4) is 0 Å². The first-order valence-electron chi connectivity index (χ1n) is 13.4. The Hall–Kier alpha value is -2.73. The van der Waals surface area contributed by atoms with Crippen molar-refractivity contribution in [2.75, 3.05) is 19.7 Å². The second kappa shape index (κ2) is 13.5. The lowest BCUT2D eigenvalue weighted by Gasteiger charge is -2.44. The van der Waals surface area contributed by atoms with Crippen molar-refractivity contribution in [3.63, 3.8) is 0 Å². The molecule has 1 fully saturated rings. The van der Waals surface area contributed by atoms with Crippen LogP contribution in [0.25, 0.3) is 0 Å². The van der Waals surface area contributed by atoms with Gasteiger partial charge in [0.25, 0.3) is 5.91 Å². The van der Waals surface area contributed by atoms with Gasteiger partial charge in [-0.15, -0.1) is 0 Å². The van der Waals surface area contributed by atoms with Crippen molar-refractivity contribution in [1.82, 2.24) is 9.80 Å². The predicted molar refractivity (Wildman–Crippen MR) is 142 cm³/mol. The van der Waals surface area contributed by atoms with Crippen molar-refractivity contribution < 1.29 is 18.7 Å². The second-order valence-electron chi connectivity index (χ2n) is 10.1. The zero-order valence-corrected chi connectivity index (χ0v) is 22.3. The van der Waals surface area contributed by atoms with Gasteiger partial charge in [-0.2, -0.15) is 0 Å². The maximum Gasteiger partial charge on any atom is 0.260 e. The Morgan fingerprint density at radius 1 is 1.00 bits per heavy atom. The topological polar surface area (TPSA) is 49.9 Å². The fourth-order valence-electron chi connectivity index (χ4n) is 4.93. The van der Waals surface area contributed by atoms with E-state index in [1.54, 1.807) is 0 Å². The lowest BCUT2D eigenvalue weighted by molar-refractivity contribution is -0.139. The molecule has 0 N–H and O–H groups in total. The third-order valence-corrected chi connectivity index (χ3v) is 7.07. The zero-order chi connectivity index (χ0) is 26.1. The monoisotopic (exact) mass is 496 g/mol. The van der Waals surface area contributed by atoms with Crippen LogP contribution in [0.4, 0.5) is 4.39 Å². The average molecular weight is 497 g/mol. The minimum atomic E-state index is -0.234. The van der Waals surface area contributed by atoms with E-state index >= 15 is 0 Å². The van der Waals surface area contributed by atoms with E-state index in [2.05, 4.69) is 31.7 Å². The number of ether oxygens (including phenoxy) is 1. The molecule has 5 nitrogen and oxygen atoms in total. The molecular formula is C30H41FN2O3. The number of unbranched alkanes of at least 4 members (excludes halogenated alkanes) is 2. The highest BCUT2D eigenvalue weighted by Crippen LogP contribution is 2.28. The Balaban J connectivity index is 1.66. The van der Waals surface area contributed by atoms with Crippen LogP contribution < -0.4 is 4.74 Å². The summed E-state index contributed by atoms with van der Waals surface area (Å²) in [4.78, 5) is 29.3. The van der Waals surface area contributed by atoms with E-state index in [1.807, 2.05) is 30.0 Å². The number of carbonyl (C=O) groups excluding carboxylic acids is 2. The van der Waals surface area contributed by atoms with E-state index < -0.39 is 0 Å². The molecule has 196 valence electrons. The Bertz CT molecular complexity index is 1010. The summed E-state index contributed by atoms with van der Waals surface area (Å²) >= 11 is 0. The van der Waals surface area contributed by atoms with Gasteiger partial charge in [0, 0.05) is 31.7 Å². The molecule has 1 heterocycles. The zero-order valence-electron chi connectivity index (χ0n) is 22.3. The fraction of sp³-hybridized carbons (Fsp3) is 0.533. The Morgan fingerprint density at radius 3 is 2.36 bits per heavy atom. The number of hydrogen-bond donors (Lipinski definition) is 0. The number of piperazine rings is 1. The molecule has 1 aliphatic heterocycles. The Kier molecular flexibility index (Phi) is 10.5. The standard InChI is InChI=1S/C30H41FN2O3/c1-5-7-9-25-15-26(10-8-6-2)30(27(16-25)20-34)36-21-29(35)33-18-22(3)32(17-23(33)4)19-24-11-13-28(31)14-12-24/h11-16,20,22-23H,5-10,17-19,21H2,1-4H3. The first-order chi connectivity index (χ1) is 17.4. The molecule has 0 aliphatic carbocycles. The Morgan fingerprint density at radius 2 is 1.69 bits per heavy atom. The SMILES string of the molecule is CCCCc1cc(C=O)c(OCC(=O)N2CC(C)N(Cc3ccc(F)cc3)CC2C)c(CCCC)c1. The van der Waals surface area contributed by atoms with Crippen LogP contribution in [0.1, 0.15) is 80.4 Å². The summed E-state index contributed by atoms with van der Waals surface area (Å²) in [5.41, 5.74) is 3.77. The molecule has 36 heavy (non-hydrogen) atoms. The number of rotatable bonds is 12. The summed E-state index contributed by atoms with van der Waals surface area (Å²) in [5.74, 6) is 0.258. The van der Waals surface area contributed by atoms with Gasteiger partial charge in [0.05, 0.1) is 5.56 Å². The molecular weight excluding hydrogens is 455 g/mol. The van der Waals surface area contributed by atoms with Gasteiger partial charge in [0.15, 0.2) is 12.9 Å². The van der Waals surface area contributed by atoms with Gasteiger partial charge in [0.1, 0.15) is 11.6 Å². The number of amides is 1. The summed E-state index contributed by atoms with van der Waals surface area (Å²) in [6, 6.07) is 10.9. The average Bonchev–Trinajstić information content (AvgIpc) is 2.87. The molecule has 3 rings (SSSR count). The van der Waals surface area contributed by atoms with Crippen LogP contribution >= 0.6 is 0 Å². The van der Waals surface area contributed by atoms with Gasteiger partial charge >= 0.3 is 0 Å². The first kappa shape index (κ1) is 27.9. The molecule has 0 saturated carbocycles. The second-order valence-corrected chi connectivity index (χ2v) is 10.1. The first-order valence-corrected chi connectivity index (χ1v) is 13.4. The van der Waals surface area contributed by atoms with E-state index in [1.165, 1.54) is 12.1 Å². The van der Waals surface area contributed by atoms with Crippen LogP contribution in [0, 0.1) is 5.82 Å². The van der Waals surface area contributed by atoms with Crippen LogP contribution in [0.15, 0.2) is 36.4 Å². The van der Waals surface area contributed by atoms with Crippen molar-refractivity contribution in [3.8, 4) is 5.75 Å². The van der Waals surface area contributed by atoms with Gasteiger partial charge in [-0.25, -0.2) is 4.39 Å². The van der Waals surface area contributed by atoms with Crippen LogP contribution in [-0.2, 0) is 24.2 Å². The Labute approximate surface area is 215 Å². The summed E-state index contributed by atoms with van der Waals surface area (Å²) in [6.45, 7) is 10.4. The number of hydrogen-bond acceptors (Lipinski definition) is 4. The minimum Gasteiger partial charge on any atom is -0.483 e. The van der Waals surface area contributed by atoms with Crippen LogP contribution in [-0.4, -0.2) is 53.8 Å². The van der Waals surface area contributed by atoms with E-state index in [-0.39, 0.29) is 30.4 Å². The molecule has 2 unspecified atom stereocenters. The van der Waals surface area contributed by atoms with E-state index in [9.17, 15) is 14.0 Å². The minimum absolute atomic E-state index is 0.0271. The van der Waals surface area contributed by atoms with Gasteiger partial charge < -0.3 is 9.64 Å². The van der Waals surface area contributed by atoms with Crippen molar-refractivity contribution in [1.29, 1.82) is 0 Å². The van der Waals surface area contributed by atoms with Crippen molar-refractivity contribution in [2.24, 2.45) is 0 Å². The van der Waals surface area contributed by atoms with Crippen LogP contribution in [0.2, 0.25) is 0 Å². The number of nitrogens with zero attached hydrogens (tertiary/aromatic N) is 2. The molecule has 2 aromatic rings. The maximum atomic E-state index is 13.3. The lowest BCUT2D eigenvalue weighted by Crippen LogP contribution is -2.58. The highest BCUT2D eigenvalue weighted by molar-refractivity contribution is 5.82. The number of carbonyl (C=O) groups is 2. The maximum absolute atomic E-state index is 13.3. The van der Waals surface area contributed by atoms with Gasteiger partial charge in [-0.05, 0) is 74.4 Å². The smallest absolute Gasteiger partial charge is 0.260 e. The normalized spacial score (nSPS) is 18.3. The number of aryl methyl sites for hydroxylation is 2. The molecule has 0 bridgehead atoms. The summed E-state index contributed by atoms with van der Waals surface area (Å²) in [5, 5.41) is 0. The molecule has 1 amide bonds. The quantitative estimate of drug-likeness (QED) is 0.347. The number of benzene rings is 2. The molecule has 6 heteroatoms. The van der Waals surface area contributed by atoms with Gasteiger partial charge in [-0.3, -0.25) is 14.5 Å². The molecule has 0 spiro atoms. The number of aldehydes is 1. The third-order valence-electron chi connectivity index (χ3n) is 7.07. The van der Waals surface area contributed by atoms with E-state index in [0.29, 0.717) is 17.9 Å². The predicted octanol–water partition coefficient (Wildman–Crippen LogP) is 5.82. The highest BCUT2D eigenvalue weighted by Gasteiger charge is 2.32. The van der Waals surface area contributed by atoms with Crippen LogP contribution in [0.5, 0.6) is 5.75 Å². The van der Waals surface area contributed by atoms with Crippen molar-refractivity contribution >= 4 is 12.2 Å². The summed E-state index contributed by atoms with van der Waals surface area (Å²) < 4.78 is 19.3. The molecule has 0 aromatic heterocycles. The molecule has 2 atom stereocenters. The summed E-state index contributed by atoms with van der Waals surface area (Å²) in [7, 11) is 0. The van der Waals surface area contributed by atoms with Gasteiger partial charge in [0.2, 0.25) is 0 Å². The molecule has 1 saturated heterocycles. The third kappa shape index (κ3) is 7.39. The molecule has 0 radical (unpaired) electrons. The molecule has 1 aliphatic rings. The van der Waals surface area contributed by atoms with Gasteiger partial charge in [-0.1, -0.05) is 44.9 Å². The van der Waals surface area contributed by atoms with Crippen molar-refractivity contribution in [2.45, 2.75) is 84.8 Å². The molecule has 2 aromatic carbocycles. The lowest BCUT2D eigenvalue weighted by atomic mass is 9.97. The highest BCUT2D eigenvalue weighted by atomic mass is 19.1.